The van der Waals surface area contributed by atoms with Crippen molar-refractivity contribution in [3.63, 3.8) is 0 Å². The lowest BCUT2D eigenvalue weighted by Crippen LogP contribution is -2.43. The Hall–Kier alpha value is -0.830. The molecule has 0 bridgehead atoms. The number of rotatable bonds is 5. The Morgan fingerprint density at radius 3 is 2.50 bits per heavy atom. The smallest absolute Gasteiger partial charge is 0.191 e. The van der Waals surface area contributed by atoms with Crippen molar-refractivity contribution >= 4 is 29.9 Å². The van der Waals surface area contributed by atoms with Gasteiger partial charge in [0.2, 0.25) is 0 Å². The van der Waals surface area contributed by atoms with Gasteiger partial charge in [-0.1, -0.05) is 19.3 Å². The number of aliphatic imine (C=N–C) groups is 1. The van der Waals surface area contributed by atoms with Crippen LogP contribution >= 0.6 is 24.0 Å². The topological polar surface area (TPSA) is 74.5 Å². The maximum Gasteiger partial charge on any atom is 0.191 e. The molecule has 0 aliphatic heterocycles. The fraction of sp³-hybridized carbons (Fsp3) is 0.765. The standard InChI is InChI=1S/C17H31N5O.HI/c1-12-15(13(2)22(4)21-12)10-19-17(18-3)20-11-16(23)14-8-6-5-7-9-14;/h14,16,23H,5-11H2,1-4H3,(H2,18,19,20);1H. The minimum Gasteiger partial charge on any atom is -0.391 e. The van der Waals surface area contributed by atoms with Gasteiger partial charge >= 0.3 is 0 Å². The minimum atomic E-state index is -0.296. The Labute approximate surface area is 162 Å². The van der Waals surface area contributed by atoms with E-state index in [1.807, 2.05) is 18.7 Å². The molecule has 1 aliphatic rings. The molecule has 1 aromatic heterocycles. The molecule has 1 aromatic rings. The van der Waals surface area contributed by atoms with Gasteiger partial charge < -0.3 is 15.7 Å². The Morgan fingerprint density at radius 1 is 1.29 bits per heavy atom. The summed E-state index contributed by atoms with van der Waals surface area (Å²) in [7, 11) is 3.71. The summed E-state index contributed by atoms with van der Waals surface area (Å²) in [5, 5.41) is 21.3. The molecule has 0 spiro atoms. The van der Waals surface area contributed by atoms with Crippen LogP contribution in [0.2, 0.25) is 0 Å². The molecule has 0 amide bonds. The van der Waals surface area contributed by atoms with E-state index in [1.165, 1.54) is 24.8 Å². The second kappa shape index (κ2) is 10.2. The highest BCUT2D eigenvalue weighted by Gasteiger charge is 2.21. The molecule has 1 atom stereocenters. The van der Waals surface area contributed by atoms with Gasteiger partial charge in [-0.3, -0.25) is 9.67 Å². The second-order valence-corrected chi connectivity index (χ2v) is 6.55. The normalized spacial score (nSPS) is 17.3. The lowest BCUT2D eigenvalue weighted by atomic mass is 9.85. The fourth-order valence-corrected chi connectivity index (χ4v) is 3.35. The van der Waals surface area contributed by atoms with Crippen molar-refractivity contribution in [2.75, 3.05) is 13.6 Å². The number of hydrogen-bond donors (Lipinski definition) is 3. The Bertz CT molecular complexity index is 537. The zero-order chi connectivity index (χ0) is 16.8. The third kappa shape index (κ3) is 5.61. The number of guanidine groups is 1. The van der Waals surface area contributed by atoms with Crippen LogP contribution in [0.4, 0.5) is 0 Å². The number of nitrogens with zero attached hydrogens (tertiary/aromatic N) is 3. The average Bonchev–Trinajstić information content (AvgIpc) is 2.81. The summed E-state index contributed by atoms with van der Waals surface area (Å²) in [6, 6.07) is 0. The molecule has 1 fully saturated rings. The number of hydrogen-bond acceptors (Lipinski definition) is 3. The van der Waals surface area contributed by atoms with E-state index in [2.05, 4.69) is 27.6 Å². The number of aliphatic hydroxyl groups excluding tert-OH is 1. The zero-order valence-electron chi connectivity index (χ0n) is 15.3. The molecule has 138 valence electrons. The van der Waals surface area contributed by atoms with Gasteiger partial charge in [0, 0.05) is 38.4 Å². The van der Waals surface area contributed by atoms with E-state index in [9.17, 15) is 5.11 Å². The van der Waals surface area contributed by atoms with Crippen molar-refractivity contribution in [1.29, 1.82) is 0 Å². The van der Waals surface area contributed by atoms with E-state index >= 15 is 0 Å². The minimum absolute atomic E-state index is 0. The van der Waals surface area contributed by atoms with Crippen LogP contribution in [-0.4, -0.2) is 40.5 Å². The summed E-state index contributed by atoms with van der Waals surface area (Å²) >= 11 is 0. The van der Waals surface area contributed by atoms with Crippen molar-refractivity contribution < 1.29 is 5.11 Å². The summed E-state index contributed by atoms with van der Waals surface area (Å²) in [6.45, 7) is 5.33. The molecule has 0 radical (unpaired) electrons. The van der Waals surface area contributed by atoms with Gasteiger partial charge in [0.15, 0.2) is 5.96 Å². The average molecular weight is 449 g/mol. The van der Waals surface area contributed by atoms with Crippen molar-refractivity contribution in [2.45, 2.75) is 58.6 Å². The molecule has 1 heterocycles. The predicted octanol–water partition coefficient (Wildman–Crippen LogP) is 2.26. The van der Waals surface area contributed by atoms with E-state index in [0.717, 1.165) is 30.2 Å². The van der Waals surface area contributed by atoms with Gasteiger partial charge in [-0.15, -0.1) is 24.0 Å². The van der Waals surface area contributed by atoms with Crippen LogP contribution in [0.15, 0.2) is 4.99 Å². The van der Waals surface area contributed by atoms with Crippen LogP contribution in [0.5, 0.6) is 0 Å². The first-order valence-electron chi connectivity index (χ1n) is 8.64. The van der Waals surface area contributed by atoms with Crippen molar-refractivity contribution in [3.05, 3.63) is 17.0 Å². The molecule has 1 aliphatic carbocycles. The van der Waals surface area contributed by atoms with Crippen LogP contribution in [0.1, 0.15) is 49.1 Å². The second-order valence-electron chi connectivity index (χ2n) is 6.55. The lowest BCUT2D eigenvalue weighted by molar-refractivity contribution is 0.0880. The highest BCUT2D eigenvalue weighted by atomic mass is 127. The van der Waals surface area contributed by atoms with Crippen LogP contribution in [0.25, 0.3) is 0 Å². The number of aryl methyl sites for hydroxylation is 2. The van der Waals surface area contributed by atoms with Gasteiger partial charge in [0.25, 0.3) is 0 Å². The summed E-state index contributed by atoms with van der Waals surface area (Å²) in [6.07, 6.45) is 5.79. The summed E-state index contributed by atoms with van der Waals surface area (Å²) in [5.41, 5.74) is 3.39. The van der Waals surface area contributed by atoms with Gasteiger partial charge in [0.05, 0.1) is 11.8 Å². The molecule has 2 rings (SSSR count). The van der Waals surface area contributed by atoms with Gasteiger partial charge in [-0.2, -0.15) is 5.10 Å². The number of aliphatic hydroxyl groups is 1. The SMILES string of the molecule is CN=C(NCc1c(C)nn(C)c1C)NCC(O)C1CCCCC1.I. The Morgan fingerprint density at radius 2 is 1.96 bits per heavy atom. The van der Waals surface area contributed by atoms with Gasteiger partial charge in [0.1, 0.15) is 0 Å². The Balaban J connectivity index is 0.00000288. The quantitative estimate of drug-likeness (QED) is 0.366. The molecule has 1 saturated carbocycles. The van der Waals surface area contributed by atoms with Crippen LogP contribution in [-0.2, 0) is 13.6 Å². The van der Waals surface area contributed by atoms with E-state index in [-0.39, 0.29) is 30.1 Å². The fourth-order valence-electron chi connectivity index (χ4n) is 3.35. The van der Waals surface area contributed by atoms with E-state index in [4.69, 9.17) is 0 Å². The number of halogens is 1. The molecule has 0 aromatic carbocycles. The highest BCUT2D eigenvalue weighted by Crippen LogP contribution is 2.26. The first-order chi connectivity index (χ1) is 11.0. The largest absolute Gasteiger partial charge is 0.391 e. The van der Waals surface area contributed by atoms with Gasteiger partial charge in [-0.05, 0) is 32.6 Å². The monoisotopic (exact) mass is 449 g/mol. The van der Waals surface area contributed by atoms with Crippen LogP contribution in [0.3, 0.4) is 0 Å². The van der Waals surface area contributed by atoms with Crippen molar-refractivity contribution in [1.82, 2.24) is 20.4 Å². The third-order valence-electron chi connectivity index (χ3n) is 4.99. The van der Waals surface area contributed by atoms with E-state index < -0.39 is 0 Å². The molecule has 6 nitrogen and oxygen atoms in total. The summed E-state index contributed by atoms with van der Waals surface area (Å²) < 4.78 is 1.90. The summed E-state index contributed by atoms with van der Waals surface area (Å²) in [5.74, 6) is 1.15. The predicted molar refractivity (Wildman–Crippen MR) is 109 cm³/mol. The zero-order valence-corrected chi connectivity index (χ0v) is 17.6. The number of nitrogens with one attached hydrogen (secondary N) is 2. The van der Waals surface area contributed by atoms with E-state index in [0.29, 0.717) is 19.0 Å². The molecule has 24 heavy (non-hydrogen) atoms. The highest BCUT2D eigenvalue weighted by molar-refractivity contribution is 14.0. The van der Waals surface area contributed by atoms with Crippen molar-refractivity contribution in [2.24, 2.45) is 18.0 Å². The first kappa shape index (κ1) is 21.2. The lowest BCUT2D eigenvalue weighted by Gasteiger charge is -2.27. The molecule has 0 saturated heterocycles. The summed E-state index contributed by atoms with van der Waals surface area (Å²) in [4.78, 5) is 4.24. The molecular weight excluding hydrogens is 417 g/mol. The maximum atomic E-state index is 10.3. The molecule has 7 heteroatoms. The first-order valence-corrected chi connectivity index (χ1v) is 8.64. The molecular formula is C17H32IN5O. The van der Waals surface area contributed by atoms with Crippen LogP contribution < -0.4 is 10.6 Å². The maximum absolute atomic E-state index is 10.3. The van der Waals surface area contributed by atoms with Gasteiger partial charge in [-0.25, -0.2) is 0 Å². The van der Waals surface area contributed by atoms with Crippen LogP contribution in [0, 0.1) is 19.8 Å². The Kier molecular flexibility index (Phi) is 9.04. The van der Waals surface area contributed by atoms with Crippen molar-refractivity contribution in [3.8, 4) is 0 Å². The van der Waals surface area contributed by atoms with E-state index in [1.54, 1.807) is 7.05 Å². The molecule has 1 unspecified atom stereocenters. The third-order valence-corrected chi connectivity index (χ3v) is 4.99. The number of aromatic nitrogens is 2. The molecule has 3 N–H and O–H groups in total.